The molecule has 0 aromatic carbocycles. The normalized spacial score (nSPS) is 12.6. The molecule has 0 aromatic heterocycles. The molecule has 0 spiro atoms. The Bertz CT molecular complexity index is 1430. The van der Waals surface area contributed by atoms with E-state index in [1.165, 1.54) is 379 Å². The van der Waals surface area contributed by atoms with Crippen LogP contribution in [0, 0.1) is 0 Å². The molecule has 0 fully saturated rings. The van der Waals surface area contributed by atoms with Crippen LogP contribution in [0.1, 0.15) is 450 Å². The largest absolute Gasteiger partial charge is 0.466 e. The molecular weight excluding hydrogens is 1080 g/mol. The Morgan fingerprint density at radius 3 is 0.864 bits per heavy atom. The van der Waals surface area contributed by atoms with Crippen LogP contribution in [0.2, 0.25) is 0 Å². The number of amides is 1. The van der Waals surface area contributed by atoms with Crippen LogP contribution in [0.3, 0.4) is 0 Å². The summed E-state index contributed by atoms with van der Waals surface area (Å²) < 4.78 is 5.50. The first-order valence-corrected chi connectivity index (χ1v) is 40.3. The van der Waals surface area contributed by atoms with Crippen molar-refractivity contribution in [2.24, 2.45) is 0 Å². The van der Waals surface area contributed by atoms with Gasteiger partial charge in [0.05, 0.1) is 25.4 Å². The standard InChI is InChI=1S/C82H157NO5/c1-3-5-7-9-11-13-15-17-19-21-22-23-37-40-43-46-50-54-58-62-66-70-74-80(85)79(78-84)83-81(86)75-71-67-63-59-55-51-47-44-41-38-35-33-31-29-27-25-24-26-28-30-32-34-36-39-42-45-49-53-57-61-65-69-73-77-88-82(87)76-72-68-64-60-56-52-48-20-18-16-14-12-10-8-6-4-2/h28,30,34,36,70,74,79-80,84-85H,3-27,29,31-33,35,37-69,71-73,75-78H2,1-2H3,(H,83,86)/b30-28-,36-34-,74-70+. The molecule has 0 radical (unpaired) electrons. The minimum absolute atomic E-state index is 0.0182. The fourth-order valence-electron chi connectivity index (χ4n) is 12.8. The minimum Gasteiger partial charge on any atom is -0.466 e. The van der Waals surface area contributed by atoms with Gasteiger partial charge in [-0.05, 0) is 64.2 Å². The summed E-state index contributed by atoms with van der Waals surface area (Å²) in [6.45, 7) is 4.96. The predicted molar refractivity (Wildman–Crippen MR) is 389 cm³/mol. The maximum absolute atomic E-state index is 12.5. The molecule has 3 N–H and O–H groups in total. The molecule has 6 heteroatoms. The number of hydrogen-bond donors (Lipinski definition) is 3. The summed E-state index contributed by atoms with van der Waals surface area (Å²) in [5.41, 5.74) is 0. The number of allylic oxidation sites excluding steroid dienone is 5. The number of carbonyl (C=O) groups is 2. The molecule has 0 heterocycles. The fourth-order valence-corrected chi connectivity index (χ4v) is 12.8. The Morgan fingerprint density at radius 1 is 0.318 bits per heavy atom. The fraction of sp³-hybridized carbons (Fsp3) is 0.902. The number of unbranched alkanes of at least 4 members (excludes halogenated alkanes) is 61. The van der Waals surface area contributed by atoms with Crippen molar-refractivity contribution < 1.29 is 24.5 Å². The number of ether oxygens (including phenoxy) is 1. The third-order valence-corrected chi connectivity index (χ3v) is 18.9. The van der Waals surface area contributed by atoms with Gasteiger partial charge in [-0.25, -0.2) is 0 Å². The Morgan fingerprint density at radius 2 is 0.568 bits per heavy atom. The van der Waals surface area contributed by atoms with Gasteiger partial charge in [0.2, 0.25) is 5.91 Å². The molecule has 520 valence electrons. The number of aliphatic hydroxyl groups excluding tert-OH is 2. The summed E-state index contributed by atoms with van der Waals surface area (Å²) in [4.78, 5) is 24.6. The average Bonchev–Trinajstić information content (AvgIpc) is 3.58. The SMILES string of the molecule is CCCCCCCCCCCCCCCCCCCCCC/C=C/C(O)C(CO)NC(=O)CCCCCCCCCCCCCCCCCCC/C=C\C/C=C\CCCCCCCCCCCOC(=O)CCCCCCCCCCCCCCCCCC. The second-order valence-electron chi connectivity index (χ2n) is 27.8. The molecular formula is C82H157NO5. The molecule has 2 atom stereocenters. The Kier molecular flexibility index (Phi) is 75.8. The molecule has 88 heavy (non-hydrogen) atoms. The minimum atomic E-state index is -0.845. The number of rotatable bonds is 76. The monoisotopic (exact) mass is 1240 g/mol. The quantitative estimate of drug-likeness (QED) is 0.0320. The van der Waals surface area contributed by atoms with E-state index in [1.54, 1.807) is 6.08 Å². The Hall–Kier alpha value is -1.92. The van der Waals surface area contributed by atoms with Crippen LogP contribution in [0.5, 0.6) is 0 Å². The molecule has 0 saturated carbocycles. The molecule has 0 aliphatic rings. The third-order valence-electron chi connectivity index (χ3n) is 18.9. The van der Waals surface area contributed by atoms with Crippen molar-refractivity contribution in [1.82, 2.24) is 5.32 Å². The maximum Gasteiger partial charge on any atom is 0.305 e. The highest BCUT2D eigenvalue weighted by Gasteiger charge is 2.18. The second-order valence-corrected chi connectivity index (χ2v) is 27.8. The zero-order valence-electron chi connectivity index (χ0n) is 59.7. The van der Waals surface area contributed by atoms with Crippen molar-refractivity contribution in [1.29, 1.82) is 0 Å². The van der Waals surface area contributed by atoms with E-state index in [9.17, 15) is 19.8 Å². The highest BCUT2D eigenvalue weighted by atomic mass is 16.5. The van der Waals surface area contributed by atoms with E-state index < -0.39 is 12.1 Å². The van der Waals surface area contributed by atoms with Crippen molar-refractivity contribution in [2.75, 3.05) is 13.2 Å². The number of aliphatic hydroxyl groups is 2. The van der Waals surface area contributed by atoms with Crippen LogP contribution in [-0.4, -0.2) is 47.4 Å². The predicted octanol–water partition coefficient (Wildman–Crippen LogP) is 26.6. The van der Waals surface area contributed by atoms with Gasteiger partial charge >= 0.3 is 5.97 Å². The summed E-state index contributed by atoms with van der Waals surface area (Å²) in [5, 5.41) is 23.3. The molecule has 0 aliphatic heterocycles. The summed E-state index contributed by atoms with van der Waals surface area (Å²) in [6, 6.07) is -0.628. The highest BCUT2D eigenvalue weighted by molar-refractivity contribution is 5.76. The number of carbonyl (C=O) groups excluding carboxylic acids is 2. The second kappa shape index (κ2) is 77.5. The smallest absolute Gasteiger partial charge is 0.305 e. The van der Waals surface area contributed by atoms with E-state index in [1.807, 2.05) is 6.08 Å². The molecule has 2 unspecified atom stereocenters. The lowest BCUT2D eigenvalue weighted by molar-refractivity contribution is -0.143. The van der Waals surface area contributed by atoms with Crippen molar-refractivity contribution in [3.63, 3.8) is 0 Å². The van der Waals surface area contributed by atoms with Gasteiger partial charge in [-0.2, -0.15) is 0 Å². The third kappa shape index (κ3) is 73.1. The summed E-state index contributed by atoms with van der Waals surface area (Å²) >= 11 is 0. The molecule has 0 bridgehead atoms. The van der Waals surface area contributed by atoms with Crippen LogP contribution >= 0.6 is 0 Å². The highest BCUT2D eigenvalue weighted by Crippen LogP contribution is 2.20. The lowest BCUT2D eigenvalue weighted by Gasteiger charge is -2.20. The zero-order chi connectivity index (χ0) is 63.5. The van der Waals surface area contributed by atoms with Gasteiger partial charge in [0.1, 0.15) is 0 Å². The van der Waals surface area contributed by atoms with Crippen LogP contribution in [0.15, 0.2) is 36.5 Å². The summed E-state index contributed by atoms with van der Waals surface area (Å²) in [6.07, 6.45) is 101. The molecule has 0 aromatic rings. The van der Waals surface area contributed by atoms with E-state index in [2.05, 4.69) is 43.5 Å². The number of esters is 1. The molecule has 0 rings (SSSR count). The van der Waals surface area contributed by atoms with Crippen molar-refractivity contribution >= 4 is 11.9 Å². The van der Waals surface area contributed by atoms with Crippen LogP contribution in [0.4, 0.5) is 0 Å². The van der Waals surface area contributed by atoms with Gasteiger partial charge in [-0.3, -0.25) is 9.59 Å². The van der Waals surface area contributed by atoms with E-state index >= 15 is 0 Å². The molecule has 0 aliphatic carbocycles. The van der Waals surface area contributed by atoms with Gasteiger partial charge in [-0.15, -0.1) is 0 Å². The lowest BCUT2D eigenvalue weighted by atomic mass is 10.0. The van der Waals surface area contributed by atoms with Crippen LogP contribution in [-0.2, 0) is 14.3 Å². The van der Waals surface area contributed by atoms with E-state index in [0.717, 1.165) is 44.9 Å². The first kappa shape index (κ1) is 86.1. The van der Waals surface area contributed by atoms with E-state index in [0.29, 0.717) is 19.4 Å². The zero-order valence-corrected chi connectivity index (χ0v) is 59.7. The van der Waals surface area contributed by atoms with Crippen molar-refractivity contribution in [3.05, 3.63) is 36.5 Å². The van der Waals surface area contributed by atoms with E-state index in [-0.39, 0.29) is 18.5 Å². The van der Waals surface area contributed by atoms with Gasteiger partial charge < -0.3 is 20.3 Å². The number of hydrogen-bond acceptors (Lipinski definition) is 5. The first-order chi connectivity index (χ1) is 43.5. The lowest BCUT2D eigenvalue weighted by Crippen LogP contribution is -2.45. The van der Waals surface area contributed by atoms with Gasteiger partial charge in [0.15, 0.2) is 0 Å². The first-order valence-electron chi connectivity index (χ1n) is 40.3. The Balaban J connectivity index is 3.39. The molecule has 0 saturated heterocycles. The Labute approximate surface area is 551 Å². The summed E-state index contributed by atoms with van der Waals surface area (Å²) in [7, 11) is 0. The van der Waals surface area contributed by atoms with Gasteiger partial charge in [-0.1, -0.05) is 410 Å². The van der Waals surface area contributed by atoms with Crippen LogP contribution in [0.25, 0.3) is 0 Å². The molecule has 1 amide bonds. The molecule has 6 nitrogen and oxygen atoms in total. The van der Waals surface area contributed by atoms with Gasteiger partial charge in [0.25, 0.3) is 0 Å². The topological polar surface area (TPSA) is 95.9 Å². The van der Waals surface area contributed by atoms with Crippen molar-refractivity contribution in [2.45, 2.75) is 463 Å². The van der Waals surface area contributed by atoms with Gasteiger partial charge in [0, 0.05) is 12.8 Å². The van der Waals surface area contributed by atoms with Crippen molar-refractivity contribution in [3.8, 4) is 0 Å². The van der Waals surface area contributed by atoms with E-state index in [4.69, 9.17) is 4.74 Å². The summed E-state index contributed by atoms with van der Waals surface area (Å²) in [5.74, 6) is -0.0432. The number of nitrogens with one attached hydrogen (secondary N) is 1. The van der Waals surface area contributed by atoms with Crippen LogP contribution < -0.4 is 5.32 Å². The average molecular weight is 1240 g/mol. The maximum atomic E-state index is 12.5.